The van der Waals surface area contributed by atoms with Gasteiger partial charge in [0.15, 0.2) is 0 Å². The van der Waals surface area contributed by atoms with E-state index in [9.17, 15) is 8.42 Å². The number of furan rings is 1. The minimum atomic E-state index is -2.87. The van der Waals surface area contributed by atoms with Crippen molar-refractivity contribution in [2.75, 3.05) is 25.1 Å². The van der Waals surface area contributed by atoms with Gasteiger partial charge in [-0.3, -0.25) is 4.90 Å². The van der Waals surface area contributed by atoms with Crippen LogP contribution in [0.4, 0.5) is 0 Å². The Bertz CT molecular complexity index is 550. The normalized spacial score (nSPS) is 24.3. The fourth-order valence-electron chi connectivity index (χ4n) is 3.05. The third-order valence-electron chi connectivity index (χ3n) is 4.30. The van der Waals surface area contributed by atoms with E-state index in [1.165, 1.54) is 12.7 Å². The topological polar surface area (TPSA) is 50.5 Å². The zero-order chi connectivity index (χ0) is 15.5. The SMILES string of the molecule is CCc1ccc([C@@H]2C[C@@H](C)CCN2CCCS(C)(=O)=O)o1. The highest BCUT2D eigenvalue weighted by molar-refractivity contribution is 7.90. The van der Waals surface area contributed by atoms with E-state index in [0.717, 1.165) is 37.5 Å². The van der Waals surface area contributed by atoms with Crippen LogP contribution in [-0.4, -0.2) is 38.4 Å². The molecular weight excluding hydrogens is 286 g/mol. The molecule has 4 nitrogen and oxygen atoms in total. The largest absolute Gasteiger partial charge is 0.464 e. The van der Waals surface area contributed by atoms with E-state index in [-0.39, 0.29) is 5.75 Å². The molecular formula is C16H27NO3S. The Morgan fingerprint density at radius 3 is 2.76 bits per heavy atom. The lowest BCUT2D eigenvalue weighted by atomic mass is 9.91. The van der Waals surface area contributed by atoms with Crippen molar-refractivity contribution in [2.45, 2.75) is 45.6 Å². The number of nitrogens with zero attached hydrogens (tertiary/aromatic N) is 1. The second kappa shape index (κ2) is 6.97. The minimum Gasteiger partial charge on any atom is -0.464 e. The smallest absolute Gasteiger partial charge is 0.147 e. The van der Waals surface area contributed by atoms with Gasteiger partial charge in [0, 0.05) is 12.7 Å². The molecule has 2 rings (SSSR count). The Morgan fingerprint density at radius 2 is 2.14 bits per heavy atom. The number of hydrogen-bond acceptors (Lipinski definition) is 4. The van der Waals surface area contributed by atoms with Crippen molar-refractivity contribution in [3.63, 3.8) is 0 Å². The van der Waals surface area contributed by atoms with E-state index in [1.807, 2.05) is 0 Å². The first-order valence-corrected chi connectivity index (χ1v) is 9.95. The molecule has 1 aromatic heterocycles. The molecule has 21 heavy (non-hydrogen) atoms. The molecule has 0 spiro atoms. The fraction of sp³-hybridized carbons (Fsp3) is 0.750. The first kappa shape index (κ1) is 16.6. The maximum atomic E-state index is 11.3. The molecule has 0 aliphatic carbocycles. The van der Waals surface area contributed by atoms with Gasteiger partial charge >= 0.3 is 0 Å². The van der Waals surface area contributed by atoms with Gasteiger partial charge in [0.1, 0.15) is 21.4 Å². The molecule has 2 heterocycles. The van der Waals surface area contributed by atoms with Crippen molar-refractivity contribution in [1.29, 1.82) is 0 Å². The summed E-state index contributed by atoms with van der Waals surface area (Å²) in [6.07, 6.45) is 5.19. The minimum absolute atomic E-state index is 0.268. The third kappa shape index (κ3) is 4.85. The van der Waals surface area contributed by atoms with Crippen LogP contribution in [0.15, 0.2) is 16.5 Å². The molecule has 0 aromatic carbocycles. The molecule has 1 fully saturated rings. The van der Waals surface area contributed by atoms with Gasteiger partial charge in [-0.05, 0) is 50.4 Å². The van der Waals surface area contributed by atoms with Crippen LogP contribution in [0.3, 0.4) is 0 Å². The number of rotatable bonds is 6. The van der Waals surface area contributed by atoms with E-state index in [4.69, 9.17) is 4.42 Å². The molecule has 1 saturated heterocycles. The number of aryl methyl sites for hydroxylation is 1. The fourth-order valence-corrected chi connectivity index (χ4v) is 3.70. The molecule has 0 saturated carbocycles. The predicted molar refractivity (Wildman–Crippen MR) is 85.1 cm³/mol. The van der Waals surface area contributed by atoms with E-state index in [2.05, 4.69) is 30.9 Å². The van der Waals surface area contributed by atoms with Crippen LogP contribution < -0.4 is 0 Å². The van der Waals surface area contributed by atoms with Gasteiger partial charge in [-0.1, -0.05) is 13.8 Å². The monoisotopic (exact) mass is 313 g/mol. The highest BCUT2D eigenvalue weighted by Gasteiger charge is 2.29. The maximum Gasteiger partial charge on any atom is 0.147 e. The lowest BCUT2D eigenvalue weighted by Gasteiger charge is -2.37. The predicted octanol–water partition coefficient (Wildman–Crippen LogP) is 3.05. The number of piperidine rings is 1. The number of likely N-dealkylation sites (tertiary alicyclic amines) is 1. The zero-order valence-electron chi connectivity index (χ0n) is 13.3. The molecule has 2 atom stereocenters. The van der Waals surface area contributed by atoms with Crippen molar-refractivity contribution >= 4 is 9.84 Å². The van der Waals surface area contributed by atoms with Crippen molar-refractivity contribution in [2.24, 2.45) is 5.92 Å². The maximum absolute atomic E-state index is 11.3. The van der Waals surface area contributed by atoms with Crippen LogP contribution in [-0.2, 0) is 16.3 Å². The summed E-state index contributed by atoms with van der Waals surface area (Å²) >= 11 is 0. The molecule has 1 aromatic rings. The van der Waals surface area contributed by atoms with Crippen LogP contribution in [0.1, 0.15) is 50.7 Å². The highest BCUT2D eigenvalue weighted by Crippen LogP contribution is 2.35. The van der Waals surface area contributed by atoms with Crippen molar-refractivity contribution in [1.82, 2.24) is 4.90 Å². The molecule has 1 aliphatic heterocycles. The molecule has 0 N–H and O–H groups in total. The summed E-state index contributed by atoms with van der Waals surface area (Å²) in [7, 11) is -2.87. The number of sulfone groups is 1. The second-order valence-corrected chi connectivity index (χ2v) is 8.58. The summed E-state index contributed by atoms with van der Waals surface area (Å²) in [5.74, 6) is 3.03. The molecule has 0 bridgehead atoms. The van der Waals surface area contributed by atoms with Crippen LogP contribution in [0.2, 0.25) is 0 Å². The average Bonchev–Trinajstić information content (AvgIpc) is 2.87. The Kier molecular flexibility index (Phi) is 5.49. The van der Waals surface area contributed by atoms with Crippen molar-refractivity contribution in [3.8, 4) is 0 Å². The third-order valence-corrected chi connectivity index (χ3v) is 5.33. The number of hydrogen-bond donors (Lipinski definition) is 0. The van der Waals surface area contributed by atoms with Gasteiger partial charge in [0.2, 0.25) is 0 Å². The van der Waals surface area contributed by atoms with Crippen molar-refractivity contribution in [3.05, 3.63) is 23.7 Å². The molecule has 1 aliphatic rings. The van der Waals surface area contributed by atoms with E-state index >= 15 is 0 Å². The molecule has 0 unspecified atom stereocenters. The first-order valence-electron chi connectivity index (χ1n) is 7.89. The summed E-state index contributed by atoms with van der Waals surface area (Å²) in [6.45, 7) is 6.23. The summed E-state index contributed by atoms with van der Waals surface area (Å²) in [5.41, 5.74) is 0. The average molecular weight is 313 g/mol. The Labute approximate surface area is 128 Å². The van der Waals surface area contributed by atoms with E-state index < -0.39 is 9.84 Å². The lowest BCUT2D eigenvalue weighted by molar-refractivity contribution is 0.101. The molecule has 120 valence electrons. The standard InChI is InChI=1S/C16H27NO3S/c1-4-14-6-7-16(20-14)15-12-13(2)8-10-17(15)9-5-11-21(3,18)19/h6-7,13,15H,4-5,8-12H2,1-3H3/t13-,15-/m0/s1. The van der Waals surface area contributed by atoms with Gasteiger partial charge in [0.25, 0.3) is 0 Å². The van der Waals surface area contributed by atoms with E-state index in [1.54, 1.807) is 0 Å². The Morgan fingerprint density at radius 1 is 1.38 bits per heavy atom. The quantitative estimate of drug-likeness (QED) is 0.810. The van der Waals surface area contributed by atoms with Gasteiger partial charge in [-0.15, -0.1) is 0 Å². The highest BCUT2D eigenvalue weighted by atomic mass is 32.2. The first-order chi connectivity index (χ1) is 9.89. The molecule has 5 heteroatoms. The zero-order valence-corrected chi connectivity index (χ0v) is 14.2. The Balaban J connectivity index is 2.02. The van der Waals surface area contributed by atoms with E-state index in [0.29, 0.717) is 18.4 Å². The van der Waals surface area contributed by atoms with Crippen LogP contribution in [0.5, 0.6) is 0 Å². The van der Waals surface area contributed by atoms with Gasteiger partial charge < -0.3 is 4.42 Å². The van der Waals surface area contributed by atoms with Gasteiger partial charge in [-0.25, -0.2) is 8.42 Å². The summed E-state index contributed by atoms with van der Waals surface area (Å²) in [6, 6.07) is 4.45. The van der Waals surface area contributed by atoms with Crippen LogP contribution in [0.25, 0.3) is 0 Å². The molecule has 0 radical (unpaired) electrons. The Hall–Kier alpha value is -0.810. The second-order valence-electron chi connectivity index (χ2n) is 6.32. The van der Waals surface area contributed by atoms with Gasteiger partial charge in [-0.2, -0.15) is 0 Å². The summed E-state index contributed by atoms with van der Waals surface area (Å²) < 4.78 is 28.5. The van der Waals surface area contributed by atoms with Gasteiger partial charge in [0.05, 0.1) is 11.8 Å². The molecule has 0 amide bonds. The summed E-state index contributed by atoms with van der Waals surface area (Å²) in [5, 5.41) is 0. The lowest BCUT2D eigenvalue weighted by Crippen LogP contribution is -2.37. The van der Waals surface area contributed by atoms with Crippen molar-refractivity contribution < 1.29 is 12.8 Å². The van der Waals surface area contributed by atoms with Crippen LogP contribution >= 0.6 is 0 Å². The summed E-state index contributed by atoms with van der Waals surface area (Å²) in [4.78, 5) is 2.39. The van der Waals surface area contributed by atoms with Crippen LogP contribution in [0, 0.1) is 5.92 Å².